The van der Waals surface area contributed by atoms with Crippen LogP contribution >= 0.6 is 11.8 Å². The van der Waals surface area contributed by atoms with Gasteiger partial charge in [-0.3, -0.25) is 9.59 Å². The molecule has 0 saturated carbocycles. The molecule has 0 atom stereocenters. The summed E-state index contributed by atoms with van der Waals surface area (Å²) in [6, 6.07) is 6.17. The average molecular weight is 281 g/mol. The molecule has 0 aromatic heterocycles. The molecular weight excluding hydrogens is 270 g/mol. The van der Waals surface area contributed by atoms with Crippen molar-refractivity contribution >= 4 is 35.2 Å². The summed E-state index contributed by atoms with van der Waals surface area (Å²) in [5.41, 5.74) is 0.470. The Kier molecular flexibility index (Phi) is 4.06. The Labute approximate surface area is 113 Å². The van der Waals surface area contributed by atoms with E-state index in [1.54, 1.807) is 12.1 Å². The Hall–Kier alpha value is -2.02. The van der Waals surface area contributed by atoms with Gasteiger partial charge in [0.05, 0.1) is 17.2 Å². The van der Waals surface area contributed by atoms with Crippen LogP contribution in [0.2, 0.25) is 0 Å². The van der Waals surface area contributed by atoms with Crippen LogP contribution in [0.15, 0.2) is 24.3 Å². The zero-order valence-corrected chi connectivity index (χ0v) is 10.7. The molecule has 0 spiro atoms. The summed E-state index contributed by atoms with van der Waals surface area (Å²) in [7, 11) is 0. The molecule has 2 amide bonds. The molecule has 1 aliphatic rings. The Bertz CT molecular complexity index is 497. The van der Waals surface area contributed by atoms with Gasteiger partial charge in [-0.25, -0.2) is 9.69 Å². The number of hydrogen-bond acceptors (Lipinski definition) is 5. The topological polar surface area (TPSA) is 83.9 Å². The van der Waals surface area contributed by atoms with E-state index in [4.69, 9.17) is 9.84 Å². The highest BCUT2D eigenvalue weighted by Crippen LogP contribution is 2.23. The Morgan fingerprint density at radius 3 is 2.32 bits per heavy atom. The molecule has 1 saturated heterocycles. The van der Waals surface area contributed by atoms with Crippen molar-refractivity contribution in [3.8, 4) is 5.75 Å². The maximum atomic E-state index is 11.7. The molecule has 1 aliphatic heterocycles. The van der Waals surface area contributed by atoms with Gasteiger partial charge in [0.15, 0.2) is 6.61 Å². The maximum absolute atomic E-state index is 11.7. The number of rotatable bonds is 4. The highest BCUT2D eigenvalue weighted by atomic mass is 32.2. The number of aliphatic carboxylic acids is 1. The van der Waals surface area contributed by atoms with Crippen LogP contribution in [0.3, 0.4) is 0 Å². The summed E-state index contributed by atoms with van der Waals surface area (Å²) >= 11 is 1.29. The number of benzene rings is 1. The normalized spacial score (nSPS) is 15.5. The number of nitrogens with zero attached hydrogens (tertiary/aromatic N) is 1. The third-order valence-electron chi connectivity index (χ3n) is 2.41. The summed E-state index contributed by atoms with van der Waals surface area (Å²) in [4.78, 5) is 34.8. The molecule has 2 rings (SSSR count). The number of carbonyl (C=O) groups excluding carboxylic acids is 2. The van der Waals surface area contributed by atoms with E-state index in [9.17, 15) is 14.4 Å². The molecule has 0 aliphatic carbocycles. The van der Waals surface area contributed by atoms with Gasteiger partial charge in [-0.05, 0) is 24.3 Å². The summed E-state index contributed by atoms with van der Waals surface area (Å²) in [5, 5.41) is 8.48. The van der Waals surface area contributed by atoms with Crippen molar-refractivity contribution in [3.63, 3.8) is 0 Å². The molecular formula is C12H11NO5S. The van der Waals surface area contributed by atoms with Gasteiger partial charge in [0.25, 0.3) is 0 Å². The van der Waals surface area contributed by atoms with Crippen molar-refractivity contribution in [2.75, 3.05) is 23.0 Å². The Balaban J connectivity index is 2.11. The number of amides is 2. The van der Waals surface area contributed by atoms with Gasteiger partial charge in [-0.1, -0.05) is 0 Å². The van der Waals surface area contributed by atoms with Crippen molar-refractivity contribution in [2.45, 2.75) is 0 Å². The highest BCUT2D eigenvalue weighted by molar-refractivity contribution is 8.00. The third-order valence-corrected chi connectivity index (χ3v) is 3.31. The lowest BCUT2D eigenvalue weighted by Crippen LogP contribution is -2.43. The molecule has 1 aromatic carbocycles. The van der Waals surface area contributed by atoms with Crippen molar-refractivity contribution < 1.29 is 24.2 Å². The lowest BCUT2D eigenvalue weighted by Gasteiger charge is -2.24. The largest absolute Gasteiger partial charge is 0.482 e. The number of carboxylic acid groups (broad SMARTS) is 1. The molecule has 0 radical (unpaired) electrons. The molecule has 100 valence electrons. The van der Waals surface area contributed by atoms with Crippen LogP contribution in [0.4, 0.5) is 5.69 Å². The minimum Gasteiger partial charge on any atom is -0.482 e. The number of ether oxygens (including phenoxy) is 1. The SMILES string of the molecule is O=C(O)COc1ccc(N2C(=O)CSCC2=O)cc1. The predicted octanol–water partition coefficient (Wildman–Crippen LogP) is 0.756. The second-order valence-electron chi connectivity index (χ2n) is 3.79. The molecule has 0 bridgehead atoms. The van der Waals surface area contributed by atoms with Gasteiger partial charge in [-0.2, -0.15) is 0 Å². The van der Waals surface area contributed by atoms with Crippen LogP contribution in [-0.2, 0) is 14.4 Å². The first-order chi connectivity index (χ1) is 9.08. The van der Waals surface area contributed by atoms with E-state index >= 15 is 0 Å². The van der Waals surface area contributed by atoms with Crippen LogP contribution in [-0.4, -0.2) is 41.0 Å². The number of carboxylic acids is 1. The Morgan fingerprint density at radius 2 is 1.79 bits per heavy atom. The van der Waals surface area contributed by atoms with E-state index in [1.807, 2.05) is 0 Å². The number of thioether (sulfide) groups is 1. The van der Waals surface area contributed by atoms with Crippen LogP contribution in [0.5, 0.6) is 5.75 Å². The molecule has 1 N–H and O–H groups in total. The lowest BCUT2D eigenvalue weighted by molar-refractivity contribution is -0.139. The number of hydrogen-bond donors (Lipinski definition) is 1. The number of imide groups is 1. The summed E-state index contributed by atoms with van der Waals surface area (Å²) < 4.78 is 4.97. The molecule has 19 heavy (non-hydrogen) atoms. The predicted molar refractivity (Wildman–Crippen MR) is 69.4 cm³/mol. The van der Waals surface area contributed by atoms with E-state index < -0.39 is 12.6 Å². The van der Waals surface area contributed by atoms with Crippen LogP contribution < -0.4 is 9.64 Å². The number of anilines is 1. The third kappa shape index (κ3) is 3.25. The van der Waals surface area contributed by atoms with E-state index in [0.717, 1.165) is 4.90 Å². The quantitative estimate of drug-likeness (QED) is 0.820. The second kappa shape index (κ2) is 5.75. The molecule has 1 fully saturated rings. The van der Waals surface area contributed by atoms with E-state index in [2.05, 4.69) is 0 Å². The molecule has 0 unspecified atom stereocenters. The van der Waals surface area contributed by atoms with Gasteiger partial charge >= 0.3 is 5.97 Å². The van der Waals surface area contributed by atoms with Gasteiger partial charge in [0.1, 0.15) is 5.75 Å². The van der Waals surface area contributed by atoms with Gasteiger partial charge in [0, 0.05) is 0 Å². The van der Waals surface area contributed by atoms with Crippen molar-refractivity contribution in [3.05, 3.63) is 24.3 Å². The van der Waals surface area contributed by atoms with Crippen LogP contribution in [0, 0.1) is 0 Å². The van der Waals surface area contributed by atoms with Crippen molar-refractivity contribution in [2.24, 2.45) is 0 Å². The van der Waals surface area contributed by atoms with Crippen molar-refractivity contribution in [1.82, 2.24) is 0 Å². The van der Waals surface area contributed by atoms with Crippen LogP contribution in [0.1, 0.15) is 0 Å². The fourth-order valence-electron chi connectivity index (χ4n) is 1.62. The minimum absolute atomic E-state index is 0.250. The summed E-state index contributed by atoms with van der Waals surface area (Å²) in [6.07, 6.45) is 0. The van der Waals surface area contributed by atoms with Gasteiger partial charge in [0.2, 0.25) is 11.8 Å². The summed E-state index contributed by atoms with van der Waals surface area (Å²) in [5.74, 6) is -0.632. The first-order valence-corrected chi connectivity index (χ1v) is 6.61. The molecule has 1 aromatic rings. The van der Waals surface area contributed by atoms with E-state index in [-0.39, 0.29) is 23.3 Å². The molecule has 7 heteroatoms. The lowest BCUT2D eigenvalue weighted by atomic mass is 10.2. The smallest absolute Gasteiger partial charge is 0.341 e. The zero-order chi connectivity index (χ0) is 13.8. The molecule has 1 heterocycles. The average Bonchev–Trinajstić information content (AvgIpc) is 2.37. The Morgan fingerprint density at radius 1 is 1.21 bits per heavy atom. The van der Waals surface area contributed by atoms with E-state index in [0.29, 0.717) is 11.4 Å². The standard InChI is InChI=1S/C12H11NO5S/c14-10-6-19-7-11(15)13(10)8-1-3-9(4-2-8)18-5-12(16)17/h1-4H,5-7H2,(H,16,17). The fourth-order valence-corrected chi connectivity index (χ4v) is 2.33. The fraction of sp³-hybridized carbons (Fsp3) is 0.250. The first-order valence-electron chi connectivity index (χ1n) is 5.46. The van der Waals surface area contributed by atoms with Crippen molar-refractivity contribution in [1.29, 1.82) is 0 Å². The minimum atomic E-state index is -1.07. The first kappa shape index (κ1) is 13.4. The molecule has 6 nitrogen and oxygen atoms in total. The zero-order valence-electron chi connectivity index (χ0n) is 9.87. The monoisotopic (exact) mass is 281 g/mol. The highest BCUT2D eigenvalue weighted by Gasteiger charge is 2.27. The maximum Gasteiger partial charge on any atom is 0.341 e. The van der Waals surface area contributed by atoms with Gasteiger partial charge in [-0.15, -0.1) is 11.8 Å². The number of carbonyl (C=O) groups is 3. The second-order valence-corrected chi connectivity index (χ2v) is 4.78. The van der Waals surface area contributed by atoms with Gasteiger partial charge < -0.3 is 9.84 Å². The van der Waals surface area contributed by atoms with Crippen LogP contribution in [0.25, 0.3) is 0 Å². The van der Waals surface area contributed by atoms with E-state index in [1.165, 1.54) is 23.9 Å². The summed E-state index contributed by atoms with van der Waals surface area (Å²) in [6.45, 7) is -0.433.